The Hall–Kier alpha value is -2.15. The highest BCUT2D eigenvalue weighted by Crippen LogP contribution is 2.22. The van der Waals surface area contributed by atoms with E-state index in [1.54, 1.807) is 12.0 Å². The Kier molecular flexibility index (Phi) is 6.08. The normalized spacial score (nSPS) is 21.2. The van der Waals surface area contributed by atoms with Gasteiger partial charge < -0.3 is 19.4 Å². The second-order valence-electron chi connectivity index (χ2n) is 7.05. The summed E-state index contributed by atoms with van der Waals surface area (Å²) in [6, 6.07) is 4.11. The molecule has 2 saturated heterocycles. The van der Waals surface area contributed by atoms with Crippen LogP contribution in [0.1, 0.15) is 18.5 Å². The Bertz CT molecular complexity index is 651. The number of pyridine rings is 1. The predicted molar refractivity (Wildman–Crippen MR) is 98.9 cm³/mol. The van der Waals surface area contributed by atoms with E-state index in [2.05, 4.69) is 16.0 Å². The quantitative estimate of drug-likeness (QED) is 0.781. The molecule has 1 atom stereocenters. The molecule has 2 aliphatic heterocycles. The summed E-state index contributed by atoms with van der Waals surface area (Å²) in [5.74, 6) is -0.0378. The van der Waals surface area contributed by atoms with Gasteiger partial charge in [0.05, 0.1) is 12.5 Å². The van der Waals surface area contributed by atoms with Gasteiger partial charge in [0.2, 0.25) is 11.8 Å². The van der Waals surface area contributed by atoms with Crippen LogP contribution in [0.2, 0.25) is 0 Å². The number of methoxy groups -OCH3 is 1. The number of hydrogen-bond donors (Lipinski definition) is 0. The van der Waals surface area contributed by atoms with Gasteiger partial charge in [0, 0.05) is 70.4 Å². The lowest BCUT2D eigenvalue weighted by atomic mass is 10.1. The number of carbonyl (C=O) groups excluding carboxylic acids is 2. The van der Waals surface area contributed by atoms with E-state index in [0.717, 1.165) is 37.4 Å². The van der Waals surface area contributed by atoms with Crippen LogP contribution in [0.3, 0.4) is 0 Å². The second kappa shape index (κ2) is 8.49. The number of anilines is 1. The average molecular weight is 360 g/mol. The molecule has 2 amide bonds. The molecule has 0 bridgehead atoms. The monoisotopic (exact) mass is 360 g/mol. The maximum atomic E-state index is 12.9. The Morgan fingerprint density at radius 1 is 1.31 bits per heavy atom. The minimum atomic E-state index is -0.214. The molecule has 0 N–H and O–H groups in total. The number of amides is 2. The fourth-order valence-corrected chi connectivity index (χ4v) is 3.74. The van der Waals surface area contributed by atoms with Gasteiger partial charge >= 0.3 is 0 Å². The van der Waals surface area contributed by atoms with Gasteiger partial charge in [0.25, 0.3) is 0 Å². The van der Waals surface area contributed by atoms with E-state index in [0.29, 0.717) is 32.7 Å². The minimum Gasteiger partial charge on any atom is -0.383 e. The number of nitrogens with zero attached hydrogens (tertiary/aromatic N) is 4. The molecule has 2 fully saturated rings. The Morgan fingerprint density at radius 2 is 2.15 bits per heavy atom. The van der Waals surface area contributed by atoms with Crippen molar-refractivity contribution >= 4 is 17.5 Å². The second-order valence-corrected chi connectivity index (χ2v) is 7.05. The van der Waals surface area contributed by atoms with E-state index >= 15 is 0 Å². The van der Waals surface area contributed by atoms with Gasteiger partial charge in [0.1, 0.15) is 0 Å². The summed E-state index contributed by atoms with van der Waals surface area (Å²) < 4.78 is 5.04. The van der Waals surface area contributed by atoms with Gasteiger partial charge in [-0.25, -0.2) is 0 Å². The Balaban J connectivity index is 1.57. The van der Waals surface area contributed by atoms with Crippen LogP contribution in [0.15, 0.2) is 18.3 Å². The highest BCUT2D eigenvalue weighted by atomic mass is 16.5. The Morgan fingerprint density at radius 3 is 2.92 bits per heavy atom. The van der Waals surface area contributed by atoms with E-state index in [-0.39, 0.29) is 17.7 Å². The minimum absolute atomic E-state index is 0.0594. The van der Waals surface area contributed by atoms with Gasteiger partial charge in [-0.05, 0) is 25.5 Å². The fourth-order valence-electron chi connectivity index (χ4n) is 3.74. The lowest BCUT2D eigenvalue weighted by molar-refractivity contribution is -0.135. The van der Waals surface area contributed by atoms with Crippen LogP contribution in [0.5, 0.6) is 0 Å². The van der Waals surface area contributed by atoms with E-state index < -0.39 is 0 Å². The van der Waals surface area contributed by atoms with Crippen molar-refractivity contribution in [3.05, 3.63) is 24.0 Å². The molecule has 3 rings (SSSR count). The van der Waals surface area contributed by atoms with Gasteiger partial charge in [-0.15, -0.1) is 0 Å². The third kappa shape index (κ3) is 4.33. The van der Waals surface area contributed by atoms with Crippen molar-refractivity contribution in [3.63, 3.8) is 0 Å². The number of rotatable bonds is 5. The van der Waals surface area contributed by atoms with E-state index in [4.69, 9.17) is 4.74 Å². The number of likely N-dealkylation sites (tertiary alicyclic amines) is 1. The molecule has 142 valence electrons. The molecule has 1 aromatic heterocycles. The van der Waals surface area contributed by atoms with Crippen molar-refractivity contribution in [1.82, 2.24) is 14.8 Å². The largest absolute Gasteiger partial charge is 0.383 e. The van der Waals surface area contributed by atoms with Crippen molar-refractivity contribution in [2.24, 2.45) is 5.92 Å². The zero-order valence-electron chi connectivity index (χ0n) is 15.7. The van der Waals surface area contributed by atoms with Crippen LogP contribution in [0, 0.1) is 12.8 Å². The van der Waals surface area contributed by atoms with Crippen LogP contribution >= 0.6 is 0 Å². The van der Waals surface area contributed by atoms with Gasteiger partial charge in [-0.2, -0.15) is 0 Å². The lowest BCUT2D eigenvalue weighted by Crippen LogP contribution is -2.40. The molecule has 0 saturated carbocycles. The smallest absolute Gasteiger partial charge is 0.228 e. The SMILES string of the molecule is COCCN1CC(C(=O)N2CCCN(c3ccnc(C)c3)CC2)CC1=O. The standard InChI is InChI=1S/C19H28N4O3/c1-15-12-17(4-5-20-15)21-6-3-7-22(9-8-21)19(25)16-13-18(24)23(14-16)10-11-26-2/h4-5,12,16H,3,6-11,13-14H2,1-2H3. The molecule has 7 nitrogen and oxygen atoms in total. The lowest BCUT2D eigenvalue weighted by Gasteiger charge is -2.25. The predicted octanol–water partition coefficient (Wildman–Crippen LogP) is 0.924. The number of aryl methyl sites for hydroxylation is 1. The van der Waals surface area contributed by atoms with Crippen molar-refractivity contribution < 1.29 is 14.3 Å². The molecular formula is C19H28N4O3. The zero-order valence-corrected chi connectivity index (χ0v) is 15.7. The molecule has 1 unspecified atom stereocenters. The van der Waals surface area contributed by atoms with Crippen LogP contribution < -0.4 is 4.90 Å². The maximum Gasteiger partial charge on any atom is 0.228 e. The van der Waals surface area contributed by atoms with Crippen molar-refractivity contribution in [2.75, 3.05) is 57.9 Å². The van der Waals surface area contributed by atoms with Gasteiger partial charge in [0.15, 0.2) is 0 Å². The molecule has 1 aromatic rings. The molecule has 0 aromatic carbocycles. The first-order chi connectivity index (χ1) is 12.6. The van der Waals surface area contributed by atoms with E-state index in [1.807, 2.05) is 24.1 Å². The number of carbonyl (C=O) groups is 2. The molecule has 0 spiro atoms. The first-order valence-corrected chi connectivity index (χ1v) is 9.31. The van der Waals surface area contributed by atoms with Crippen molar-refractivity contribution in [3.8, 4) is 0 Å². The fraction of sp³-hybridized carbons (Fsp3) is 0.632. The summed E-state index contributed by atoms with van der Waals surface area (Å²) in [6.07, 6.45) is 3.09. The number of ether oxygens (including phenoxy) is 1. The zero-order chi connectivity index (χ0) is 18.5. The molecule has 3 heterocycles. The first kappa shape index (κ1) is 18.6. The van der Waals surface area contributed by atoms with E-state index in [1.165, 1.54) is 0 Å². The summed E-state index contributed by atoms with van der Waals surface area (Å²) in [6.45, 7) is 6.77. The molecular weight excluding hydrogens is 332 g/mol. The molecule has 2 aliphatic rings. The van der Waals surface area contributed by atoms with Crippen LogP contribution in [-0.2, 0) is 14.3 Å². The van der Waals surface area contributed by atoms with Gasteiger partial charge in [-0.3, -0.25) is 14.6 Å². The topological polar surface area (TPSA) is 66.0 Å². The third-order valence-electron chi connectivity index (χ3n) is 5.18. The third-order valence-corrected chi connectivity index (χ3v) is 5.18. The van der Waals surface area contributed by atoms with Crippen LogP contribution in [-0.4, -0.2) is 79.6 Å². The summed E-state index contributed by atoms with van der Waals surface area (Å²) in [7, 11) is 1.62. The van der Waals surface area contributed by atoms with Crippen LogP contribution in [0.4, 0.5) is 5.69 Å². The van der Waals surface area contributed by atoms with Crippen LogP contribution in [0.25, 0.3) is 0 Å². The summed E-state index contributed by atoms with van der Waals surface area (Å²) in [4.78, 5) is 35.2. The number of aromatic nitrogens is 1. The molecule has 7 heteroatoms. The highest BCUT2D eigenvalue weighted by molar-refractivity contribution is 5.89. The Labute approximate surface area is 154 Å². The summed E-state index contributed by atoms with van der Waals surface area (Å²) in [5.41, 5.74) is 2.16. The van der Waals surface area contributed by atoms with Crippen molar-refractivity contribution in [2.45, 2.75) is 19.8 Å². The molecule has 0 radical (unpaired) electrons. The summed E-state index contributed by atoms with van der Waals surface area (Å²) >= 11 is 0. The molecule has 0 aliphatic carbocycles. The highest BCUT2D eigenvalue weighted by Gasteiger charge is 2.36. The average Bonchev–Trinajstić information content (AvgIpc) is 2.84. The van der Waals surface area contributed by atoms with Gasteiger partial charge in [-0.1, -0.05) is 0 Å². The first-order valence-electron chi connectivity index (χ1n) is 9.31. The maximum absolute atomic E-state index is 12.9. The molecule has 26 heavy (non-hydrogen) atoms. The number of hydrogen-bond acceptors (Lipinski definition) is 5. The van der Waals surface area contributed by atoms with E-state index in [9.17, 15) is 9.59 Å². The van der Waals surface area contributed by atoms with Crippen molar-refractivity contribution in [1.29, 1.82) is 0 Å². The summed E-state index contributed by atoms with van der Waals surface area (Å²) in [5, 5.41) is 0.